The molecule has 9 heteroatoms. The molecule has 0 spiro atoms. The van der Waals surface area contributed by atoms with Crippen molar-refractivity contribution in [2.24, 2.45) is 0 Å². The number of rotatable bonds is 12. The van der Waals surface area contributed by atoms with Gasteiger partial charge in [-0.2, -0.15) is 0 Å². The van der Waals surface area contributed by atoms with Crippen molar-refractivity contribution in [3.05, 3.63) is 23.8 Å². The number of nitrogens with one attached hydrogen (secondary N) is 3. The molecule has 5 N–H and O–H groups in total. The lowest BCUT2D eigenvalue weighted by Crippen LogP contribution is -2.41. The van der Waals surface area contributed by atoms with Crippen molar-refractivity contribution >= 4 is 23.8 Å². The summed E-state index contributed by atoms with van der Waals surface area (Å²) in [5.41, 5.74) is 1.17. The summed E-state index contributed by atoms with van der Waals surface area (Å²) in [6.07, 6.45) is -0.937. The molecule has 0 radical (unpaired) electrons. The number of hydrogen-bond acceptors (Lipinski definition) is 7. The van der Waals surface area contributed by atoms with E-state index in [0.717, 1.165) is 0 Å². The molecule has 0 aliphatic heterocycles. The molecule has 0 saturated carbocycles. The van der Waals surface area contributed by atoms with E-state index in [1.807, 2.05) is 0 Å². The van der Waals surface area contributed by atoms with Crippen LogP contribution >= 0.6 is 0 Å². The minimum absolute atomic E-state index is 0.0990. The van der Waals surface area contributed by atoms with Crippen molar-refractivity contribution in [1.82, 2.24) is 10.6 Å². The van der Waals surface area contributed by atoms with Crippen LogP contribution in [0.15, 0.2) is 18.2 Å². The summed E-state index contributed by atoms with van der Waals surface area (Å²) in [4.78, 5) is 33.7. The first-order valence-electron chi connectivity index (χ1n) is 9.05. The number of aliphatic hydroxyl groups excluding tert-OH is 2. The Morgan fingerprint density at radius 2 is 1.96 bits per heavy atom. The van der Waals surface area contributed by atoms with Crippen molar-refractivity contribution in [3.8, 4) is 5.75 Å². The lowest BCUT2D eigenvalue weighted by atomic mass is 9.98. The minimum atomic E-state index is -1.12. The summed E-state index contributed by atoms with van der Waals surface area (Å²) in [5, 5.41) is 28.4. The Hall–Kier alpha value is -2.65. The monoisotopic (exact) mass is 395 g/mol. The number of aliphatic hydroxyl groups is 2. The summed E-state index contributed by atoms with van der Waals surface area (Å²) < 4.78 is 5.14. The Kier molecular flexibility index (Phi) is 9.97. The number of anilines is 1. The zero-order valence-electron chi connectivity index (χ0n) is 16.4. The van der Waals surface area contributed by atoms with Crippen LogP contribution in [0.3, 0.4) is 0 Å². The SMILES string of the molecule is CNc1cc(OC)ccc1C(O)C(O)CCCC(=O)NCC(=O)N[C@H](C)C=O. The second-order valence-corrected chi connectivity index (χ2v) is 6.38. The molecular formula is C19H29N3O6. The number of hydrogen-bond donors (Lipinski definition) is 5. The van der Waals surface area contributed by atoms with E-state index >= 15 is 0 Å². The Bertz CT molecular complexity index is 667. The van der Waals surface area contributed by atoms with Crippen LogP contribution in [0.1, 0.15) is 37.9 Å². The van der Waals surface area contributed by atoms with E-state index in [0.29, 0.717) is 29.7 Å². The van der Waals surface area contributed by atoms with Gasteiger partial charge in [-0.05, 0) is 25.8 Å². The topological polar surface area (TPSA) is 137 Å². The van der Waals surface area contributed by atoms with Gasteiger partial charge < -0.3 is 35.7 Å². The zero-order chi connectivity index (χ0) is 21.1. The maximum atomic E-state index is 11.8. The van der Waals surface area contributed by atoms with Gasteiger partial charge in [-0.15, -0.1) is 0 Å². The molecule has 0 bridgehead atoms. The standard InChI is InChI=1S/C19H29N3O6/c1-12(11-23)22-18(26)10-21-17(25)6-4-5-16(24)19(27)14-8-7-13(28-3)9-15(14)20-2/h7-9,11-12,16,19-20,24,27H,4-6,10H2,1-3H3,(H,21,25)(H,22,26)/t12-,16?,19?/m1/s1. The molecule has 0 aromatic heterocycles. The number of benzene rings is 1. The highest BCUT2D eigenvalue weighted by atomic mass is 16.5. The predicted molar refractivity (Wildman–Crippen MR) is 104 cm³/mol. The quantitative estimate of drug-likeness (QED) is 0.317. The molecule has 3 atom stereocenters. The summed E-state index contributed by atoms with van der Waals surface area (Å²) in [7, 11) is 3.24. The van der Waals surface area contributed by atoms with Crippen LogP contribution in [0.5, 0.6) is 5.75 Å². The summed E-state index contributed by atoms with van der Waals surface area (Å²) in [6.45, 7) is 1.31. The molecule has 0 aliphatic carbocycles. The number of aldehydes is 1. The average Bonchev–Trinajstić information content (AvgIpc) is 2.70. The largest absolute Gasteiger partial charge is 0.497 e. The Balaban J connectivity index is 2.43. The van der Waals surface area contributed by atoms with Gasteiger partial charge in [0.05, 0.1) is 25.8 Å². The second-order valence-electron chi connectivity index (χ2n) is 6.38. The van der Waals surface area contributed by atoms with Crippen LogP contribution in [0.4, 0.5) is 5.69 Å². The molecule has 0 saturated heterocycles. The van der Waals surface area contributed by atoms with E-state index in [1.165, 1.54) is 14.0 Å². The van der Waals surface area contributed by atoms with Gasteiger partial charge >= 0.3 is 0 Å². The van der Waals surface area contributed by atoms with Crippen LogP contribution in [0.2, 0.25) is 0 Å². The third-order valence-electron chi connectivity index (χ3n) is 4.16. The van der Waals surface area contributed by atoms with Crippen molar-refractivity contribution < 1.29 is 29.3 Å². The molecule has 28 heavy (non-hydrogen) atoms. The van der Waals surface area contributed by atoms with Crippen LogP contribution in [0.25, 0.3) is 0 Å². The van der Waals surface area contributed by atoms with E-state index in [1.54, 1.807) is 25.2 Å². The van der Waals surface area contributed by atoms with E-state index in [-0.39, 0.29) is 25.3 Å². The zero-order valence-corrected chi connectivity index (χ0v) is 16.4. The smallest absolute Gasteiger partial charge is 0.239 e. The molecule has 2 unspecified atom stereocenters. The fraction of sp³-hybridized carbons (Fsp3) is 0.526. The van der Waals surface area contributed by atoms with Crippen molar-refractivity contribution in [2.75, 3.05) is 26.0 Å². The summed E-state index contributed by atoms with van der Waals surface area (Å²) >= 11 is 0. The van der Waals surface area contributed by atoms with Gasteiger partial charge in [0, 0.05) is 30.8 Å². The molecule has 1 rings (SSSR count). The maximum Gasteiger partial charge on any atom is 0.239 e. The fourth-order valence-electron chi connectivity index (χ4n) is 2.58. The molecular weight excluding hydrogens is 366 g/mol. The third kappa shape index (κ3) is 7.53. The van der Waals surface area contributed by atoms with Crippen LogP contribution in [-0.4, -0.2) is 61.2 Å². The van der Waals surface area contributed by atoms with Crippen molar-refractivity contribution in [1.29, 1.82) is 0 Å². The lowest BCUT2D eigenvalue weighted by Gasteiger charge is -2.21. The van der Waals surface area contributed by atoms with E-state index < -0.39 is 24.2 Å². The van der Waals surface area contributed by atoms with Gasteiger partial charge in [0.25, 0.3) is 0 Å². The lowest BCUT2D eigenvalue weighted by molar-refractivity contribution is -0.127. The average molecular weight is 395 g/mol. The normalized spacial score (nSPS) is 13.8. The van der Waals surface area contributed by atoms with Gasteiger partial charge in [-0.1, -0.05) is 6.07 Å². The highest BCUT2D eigenvalue weighted by Gasteiger charge is 2.21. The van der Waals surface area contributed by atoms with E-state index in [2.05, 4.69) is 16.0 Å². The molecule has 0 heterocycles. The van der Waals surface area contributed by atoms with Crippen LogP contribution < -0.4 is 20.7 Å². The molecule has 0 fully saturated rings. The van der Waals surface area contributed by atoms with Gasteiger partial charge in [0.2, 0.25) is 11.8 Å². The van der Waals surface area contributed by atoms with Crippen LogP contribution in [-0.2, 0) is 14.4 Å². The molecule has 2 amide bonds. The van der Waals surface area contributed by atoms with Gasteiger partial charge in [0.15, 0.2) is 0 Å². The fourth-order valence-corrected chi connectivity index (χ4v) is 2.58. The van der Waals surface area contributed by atoms with Crippen LogP contribution in [0, 0.1) is 0 Å². The first-order valence-corrected chi connectivity index (χ1v) is 9.05. The number of carbonyl (C=O) groups excluding carboxylic acids is 3. The minimum Gasteiger partial charge on any atom is -0.497 e. The van der Waals surface area contributed by atoms with Gasteiger partial charge in [-0.25, -0.2) is 0 Å². The highest BCUT2D eigenvalue weighted by molar-refractivity contribution is 5.86. The number of amides is 2. The van der Waals surface area contributed by atoms with E-state index in [4.69, 9.17) is 4.74 Å². The van der Waals surface area contributed by atoms with Gasteiger partial charge in [-0.3, -0.25) is 9.59 Å². The molecule has 9 nitrogen and oxygen atoms in total. The Labute approximate surface area is 164 Å². The first-order chi connectivity index (χ1) is 13.3. The van der Waals surface area contributed by atoms with Crippen molar-refractivity contribution in [3.63, 3.8) is 0 Å². The van der Waals surface area contributed by atoms with E-state index in [9.17, 15) is 24.6 Å². The second kappa shape index (κ2) is 11.9. The maximum absolute atomic E-state index is 11.8. The third-order valence-corrected chi connectivity index (χ3v) is 4.16. The predicted octanol–water partition coefficient (Wildman–Crippen LogP) is 0.121. The highest BCUT2D eigenvalue weighted by Crippen LogP contribution is 2.30. The summed E-state index contributed by atoms with van der Waals surface area (Å²) in [5.74, 6) is -0.184. The number of methoxy groups -OCH3 is 1. The first kappa shape index (κ1) is 23.4. The summed E-state index contributed by atoms with van der Waals surface area (Å²) in [6, 6.07) is 4.47. The Morgan fingerprint density at radius 3 is 2.57 bits per heavy atom. The molecule has 1 aromatic rings. The Morgan fingerprint density at radius 1 is 1.25 bits per heavy atom. The molecule has 0 aliphatic rings. The molecule has 156 valence electrons. The van der Waals surface area contributed by atoms with Crippen molar-refractivity contribution in [2.45, 2.75) is 44.4 Å². The van der Waals surface area contributed by atoms with Gasteiger partial charge in [0.1, 0.15) is 18.1 Å². The number of ether oxygens (including phenoxy) is 1. The number of carbonyl (C=O) groups is 3. The molecule has 1 aromatic carbocycles.